The molecule has 0 aromatic heterocycles. The van der Waals surface area contributed by atoms with Gasteiger partial charge in [0.25, 0.3) is 0 Å². The maximum absolute atomic E-state index is 6.00. The average molecular weight is 439 g/mol. The van der Waals surface area contributed by atoms with Crippen LogP contribution < -0.4 is 25.4 Å². The molecule has 9 heteroatoms. The normalized spacial score (nSPS) is 18.6. The van der Waals surface area contributed by atoms with Crippen LogP contribution in [0.4, 0.5) is 0 Å². The molecule has 0 radical (unpaired) electrons. The Labute approximate surface area is 179 Å². The predicted molar refractivity (Wildman–Crippen MR) is 115 cm³/mol. The van der Waals surface area contributed by atoms with E-state index in [9.17, 15) is 0 Å². The van der Waals surface area contributed by atoms with Crippen LogP contribution in [0.5, 0.6) is 17.2 Å². The lowest BCUT2D eigenvalue weighted by atomic mass is 10.1. The van der Waals surface area contributed by atoms with Gasteiger partial charge in [-0.25, -0.2) is 0 Å². The van der Waals surface area contributed by atoms with Crippen LogP contribution >= 0.6 is 23.8 Å². The molecular weight excluding hydrogens is 412 g/mol. The maximum Gasteiger partial charge on any atom is 0.161 e. The van der Waals surface area contributed by atoms with E-state index >= 15 is 0 Å². The fourth-order valence-corrected chi connectivity index (χ4v) is 4.75. The Bertz CT molecular complexity index is 780. The molecule has 2 aromatic carbocycles. The van der Waals surface area contributed by atoms with Crippen LogP contribution in [0.3, 0.4) is 0 Å². The van der Waals surface area contributed by atoms with Crippen LogP contribution in [0.2, 0.25) is 0 Å². The van der Waals surface area contributed by atoms with Crippen molar-refractivity contribution in [3.63, 3.8) is 0 Å². The van der Waals surface area contributed by atoms with E-state index in [2.05, 4.69) is 16.4 Å². The summed E-state index contributed by atoms with van der Waals surface area (Å²) < 4.78 is 21.7. The number of methoxy groups -OCH3 is 1. The highest BCUT2D eigenvalue weighted by molar-refractivity contribution is 8.00. The van der Waals surface area contributed by atoms with Crippen LogP contribution in [0, 0.1) is 0 Å². The Morgan fingerprint density at radius 2 is 1.93 bits per heavy atom. The highest BCUT2D eigenvalue weighted by Crippen LogP contribution is 2.32. The largest absolute Gasteiger partial charge is 0.495 e. The van der Waals surface area contributed by atoms with Gasteiger partial charge < -0.3 is 14.2 Å². The molecule has 1 heterocycles. The first-order valence-corrected chi connectivity index (χ1v) is 11.1. The second kappa shape index (κ2) is 11.5. The fourth-order valence-electron chi connectivity index (χ4n) is 3.07. The van der Waals surface area contributed by atoms with Gasteiger partial charge in [-0.15, -0.1) is 21.1 Å². The standard InChI is InChI=1S/C20H26N2O5S2/c1-3-24-16-6-4-5-7-17(16)25-12-20-22-15(13-28-20)10-14-8-9-18(23-2)19(11-14)29-27-26-21/h4-9,11,15,20,22H,3,10,12-13,21H2,1-2H3/t15-,20?/m0/s1. The number of hydrogen-bond acceptors (Lipinski definition) is 9. The minimum atomic E-state index is 0.232. The van der Waals surface area contributed by atoms with E-state index in [4.69, 9.17) is 24.4 Å². The van der Waals surface area contributed by atoms with Gasteiger partial charge in [-0.3, -0.25) is 5.32 Å². The lowest BCUT2D eigenvalue weighted by Gasteiger charge is -2.16. The number of para-hydroxylation sites is 2. The van der Waals surface area contributed by atoms with E-state index in [-0.39, 0.29) is 5.37 Å². The van der Waals surface area contributed by atoms with E-state index < -0.39 is 0 Å². The summed E-state index contributed by atoms with van der Waals surface area (Å²) in [4.78, 5) is 5.00. The third-order valence-corrected chi connectivity index (χ3v) is 6.25. The van der Waals surface area contributed by atoms with E-state index in [1.807, 2.05) is 55.1 Å². The first-order valence-electron chi connectivity index (χ1n) is 9.32. The first-order chi connectivity index (χ1) is 14.2. The highest BCUT2D eigenvalue weighted by atomic mass is 32.2. The summed E-state index contributed by atoms with van der Waals surface area (Å²) in [6.07, 6.45) is 0.889. The van der Waals surface area contributed by atoms with E-state index in [0.29, 0.717) is 25.0 Å². The zero-order valence-electron chi connectivity index (χ0n) is 16.5. The molecule has 0 bridgehead atoms. The van der Waals surface area contributed by atoms with Crippen molar-refractivity contribution >= 4 is 23.8 Å². The monoisotopic (exact) mass is 438 g/mol. The molecule has 1 fully saturated rings. The molecular formula is C20H26N2O5S2. The van der Waals surface area contributed by atoms with Gasteiger partial charge in [-0.1, -0.05) is 18.2 Å². The van der Waals surface area contributed by atoms with Crippen molar-refractivity contribution in [2.75, 3.05) is 26.1 Å². The molecule has 0 amide bonds. The number of benzene rings is 2. The number of rotatable bonds is 11. The second-order valence-electron chi connectivity index (χ2n) is 6.31. The minimum absolute atomic E-state index is 0.232. The summed E-state index contributed by atoms with van der Waals surface area (Å²) >= 11 is 2.89. The van der Waals surface area contributed by atoms with Gasteiger partial charge in [0, 0.05) is 11.8 Å². The summed E-state index contributed by atoms with van der Waals surface area (Å²) in [7, 11) is 1.62. The van der Waals surface area contributed by atoms with Crippen molar-refractivity contribution in [2.45, 2.75) is 29.7 Å². The van der Waals surface area contributed by atoms with Gasteiger partial charge in [0.1, 0.15) is 12.4 Å². The van der Waals surface area contributed by atoms with Crippen molar-refractivity contribution in [1.29, 1.82) is 0 Å². The van der Waals surface area contributed by atoms with Gasteiger partial charge in [0.05, 0.1) is 36.0 Å². The molecule has 1 aliphatic heterocycles. The molecule has 3 N–H and O–H groups in total. The molecule has 158 valence electrons. The van der Waals surface area contributed by atoms with Crippen LogP contribution in [-0.2, 0) is 15.7 Å². The molecule has 1 unspecified atom stereocenters. The van der Waals surface area contributed by atoms with Crippen molar-refractivity contribution in [3.8, 4) is 17.2 Å². The van der Waals surface area contributed by atoms with Crippen LogP contribution in [0.15, 0.2) is 47.4 Å². The average Bonchev–Trinajstić information content (AvgIpc) is 3.19. The third-order valence-electron chi connectivity index (χ3n) is 4.33. The van der Waals surface area contributed by atoms with E-state index in [0.717, 1.165) is 40.6 Å². The van der Waals surface area contributed by atoms with Crippen LogP contribution in [0.25, 0.3) is 0 Å². The molecule has 1 aliphatic rings. The Hall–Kier alpha value is -1.62. The quantitative estimate of drug-likeness (QED) is 0.311. The Morgan fingerprint density at radius 1 is 1.14 bits per heavy atom. The van der Waals surface area contributed by atoms with Gasteiger partial charge in [-0.05, 0) is 43.2 Å². The molecule has 0 spiro atoms. The molecule has 0 aliphatic carbocycles. The van der Waals surface area contributed by atoms with Crippen LogP contribution in [-0.4, -0.2) is 37.5 Å². The third kappa shape index (κ3) is 6.43. The summed E-state index contributed by atoms with van der Waals surface area (Å²) in [5.74, 6) is 8.21. The predicted octanol–water partition coefficient (Wildman–Crippen LogP) is 3.58. The molecule has 7 nitrogen and oxygen atoms in total. The van der Waals surface area contributed by atoms with Crippen molar-refractivity contribution in [2.24, 2.45) is 5.90 Å². The molecule has 3 rings (SSSR count). The van der Waals surface area contributed by atoms with Crippen molar-refractivity contribution in [3.05, 3.63) is 48.0 Å². The SMILES string of the molecule is CCOc1ccccc1OCC1N[C@@H](Cc2ccc(OC)c(SOON)c2)CS1. The first kappa shape index (κ1) is 22.1. The zero-order valence-corrected chi connectivity index (χ0v) is 18.1. The number of ether oxygens (including phenoxy) is 3. The van der Waals surface area contributed by atoms with E-state index in [1.165, 1.54) is 5.56 Å². The zero-order chi connectivity index (χ0) is 20.5. The number of nitrogens with one attached hydrogen (secondary N) is 1. The lowest BCUT2D eigenvalue weighted by molar-refractivity contribution is -0.195. The van der Waals surface area contributed by atoms with Gasteiger partial charge in [-0.2, -0.15) is 5.90 Å². The molecule has 0 saturated carbocycles. The van der Waals surface area contributed by atoms with Crippen molar-refractivity contribution in [1.82, 2.24) is 5.32 Å². The Morgan fingerprint density at radius 3 is 2.66 bits per heavy atom. The lowest BCUT2D eigenvalue weighted by Crippen LogP contribution is -2.34. The smallest absolute Gasteiger partial charge is 0.161 e. The molecule has 29 heavy (non-hydrogen) atoms. The number of hydrogen-bond donors (Lipinski definition) is 2. The summed E-state index contributed by atoms with van der Waals surface area (Å²) in [6.45, 7) is 3.16. The topological polar surface area (TPSA) is 84.2 Å². The van der Waals surface area contributed by atoms with Gasteiger partial charge >= 0.3 is 0 Å². The minimum Gasteiger partial charge on any atom is -0.495 e. The van der Waals surface area contributed by atoms with Gasteiger partial charge in [0.15, 0.2) is 11.5 Å². The highest BCUT2D eigenvalue weighted by Gasteiger charge is 2.25. The molecule has 1 saturated heterocycles. The fraction of sp³-hybridized carbons (Fsp3) is 0.400. The van der Waals surface area contributed by atoms with Crippen molar-refractivity contribution < 1.29 is 23.5 Å². The molecule has 2 aromatic rings. The second-order valence-corrected chi connectivity index (χ2v) is 8.29. The maximum atomic E-state index is 6.00. The summed E-state index contributed by atoms with van der Waals surface area (Å²) in [6, 6.07) is 14.1. The summed E-state index contributed by atoms with van der Waals surface area (Å²) in [5, 5.41) is 3.87. The molecule has 2 atom stereocenters. The summed E-state index contributed by atoms with van der Waals surface area (Å²) in [5.41, 5.74) is 1.18. The number of nitrogens with two attached hydrogens (primary N) is 1. The van der Waals surface area contributed by atoms with Crippen LogP contribution in [0.1, 0.15) is 12.5 Å². The Balaban J connectivity index is 1.52. The Kier molecular flexibility index (Phi) is 8.78. The van der Waals surface area contributed by atoms with E-state index in [1.54, 1.807) is 7.11 Å². The van der Waals surface area contributed by atoms with Gasteiger partial charge in [0.2, 0.25) is 0 Å². The number of thioether (sulfide) groups is 1.